The maximum atomic E-state index is 15.6. The molecule has 2 saturated heterocycles. The Bertz CT molecular complexity index is 1990. The highest BCUT2D eigenvalue weighted by molar-refractivity contribution is 8.76. The summed E-state index contributed by atoms with van der Waals surface area (Å²) in [7, 11) is 3.34. The standard InChI is InChI=1S/C52H77NO9S2/c1-7-8-9-11-33-26-53-36-20-32(21-37(55)22-36)14-17-49-18-15-38-39(51(49,61)19-16-42(49)48(6,60)45-44(62-45)31(4)30(2)3)23-43(58)50(25-41(57)40(56)24-47(38,50)5)29-64-63-28-35-13-10-12-34(27-54)52(33,35)46(53)59/h20-23,30-31,33-35,38,40-42,44-45,54-57,60-61H,7-19,24-29H2,1-6H3. The minimum absolute atomic E-state index is 0.00158. The molecule has 10 aliphatic rings. The Kier molecular flexibility index (Phi) is 12.7. The van der Waals surface area contributed by atoms with Gasteiger partial charge in [-0.25, -0.2) is 0 Å². The number of anilines is 1. The molecule has 0 radical (unpaired) electrons. The van der Waals surface area contributed by atoms with Gasteiger partial charge in [0.2, 0.25) is 5.91 Å². The maximum absolute atomic E-state index is 15.6. The van der Waals surface area contributed by atoms with Gasteiger partial charge in [0.15, 0.2) is 5.78 Å². The van der Waals surface area contributed by atoms with Crippen LogP contribution in [0, 0.1) is 63.1 Å². The number of ketones is 1. The van der Waals surface area contributed by atoms with Crippen LogP contribution in [0.2, 0.25) is 0 Å². The summed E-state index contributed by atoms with van der Waals surface area (Å²) in [5.74, 6) is 0.971. The number of phenolic OH excluding ortho intramolecular Hbond substituents is 1. The van der Waals surface area contributed by atoms with E-state index < -0.39 is 51.2 Å². The number of aromatic hydroxyl groups is 1. The molecule has 1 amide bonds. The molecule has 11 rings (SSSR count). The van der Waals surface area contributed by atoms with Crippen molar-refractivity contribution in [2.24, 2.45) is 63.1 Å². The van der Waals surface area contributed by atoms with E-state index in [9.17, 15) is 30.6 Å². The van der Waals surface area contributed by atoms with E-state index in [2.05, 4.69) is 34.6 Å². The Balaban J connectivity index is 1.19. The van der Waals surface area contributed by atoms with Crippen molar-refractivity contribution in [2.75, 3.05) is 29.6 Å². The number of fused-ring (bicyclic) bond motifs is 2. The van der Waals surface area contributed by atoms with Gasteiger partial charge < -0.3 is 40.3 Å². The van der Waals surface area contributed by atoms with E-state index in [1.54, 1.807) is 39.8 Å². The molecule has 8 bridgehead atoms. The molecular weight excluding hydrogens is 847 g/mol. The second-order valence-corrected chi connectivity index (χ2v) is 25.5. The first-order valence-corrected chi connectivity index (χ1v) is 27.6. The first kappa shape index (κ1) is 47.4. The van der Waals surface area contributed by atoms with Crippen LogP contribution in [0.4, 0.5) is 5.69 Å². The molecule has 1 aromatic carbocycles. The van der Waals surface area contributed by atoms with E-state index in [0.717, 1.165) is 56.1 Å². The molecule has 6 fully saturated rings. The number of aryl methyl sites for hydroxylation is 1. The van der Waals surface area contributed by atoms with Crippen molar-refractivity contribution >= 4 is 39.0 Å². The van der Waals surface area contributed by atoms with Crippen LogP contribution in [0.1, 0.15) is 137 Å². The number of phenols is 1. The van der Waals surface area contributed by atoms with Gasteiger partial charge in [-0.1, -0.05) is 81.9 Å². The number of hydrogen-bond acceptors (Lipinski definition) is 11. The number of benzene rings is 1. The molecular formula is C52H77NO9S2. The second-order valence-electron chi connectivity index (χ2n) is 23.0. The first-order chi connectivity index (χ1) is 30.4. The number of ether oxygens (including phenoxy) is 1. The van der Waals surface area contributed by atoms with Crippen LogP contribution in [0.3, 0.4) is 0 Å². The summed E-state index contributed by atoms with van der Waals surface area (Å²) in [5, 5.41) is 72.2. The Morgan fingerprint density at radius 2 is 1.73 bits per heavy atom. The van der Waals surface area contributed by atoms with Gasteiger partial charge >= 0.3 is 0 Å². The van der Waals surface area contributed by atoms with Gasteiger partial charge in [0, 0.05) is 41.8 Å². The van der Waals surface area contributed by atoms with Crippen molar-refractivity contribution in [1.82, 2.24) is 0 Å². The van der Waals surface area contributed by atoms with Gasteiger partial charge in [0.25, 0.3) is 0 Å². The summed E-state index contributed by atoms with van der Waals surface area (Å²) in [6.07, 6.45) is 9.26. The summed E-state index contributed by atoms with van der Waals surface area (Å²) in [6.45, 7) is 13.2. The van der Waals surface area contributed by atoms with Crippen molar-refractivity contribution in [2.45, 2.75) is 173 Å². The number of unbranched alkanes of at least 4 members (excludes halogenated alkanes) is 2. The molecule has 3 spiro atoms. The third-order valence-corrected chi connectivity index (χ3v) is 22.5. The Morgan fingerprint density at radius 1 is 0.969 bits per heavy atom. The highest BCUT2D eigenvalue weighted by atomic mass is 33.1. The highest BCUT2D eigenvalue weighted by Gasteiger charge is 2.74. The van der Waals surface area contributed by atoms with Crippen LogP contribution >= 0.6 is 21.6 Å². The van der Waals surface area contributed by atoms with Crippen LogP contribution in [-0.2, 0) is 20.7 Å². The third kappa shape index (κ3) is 6.92. The number of amides is 1. The fourth-order valence-electron chi connectivity index (χ4n) is 16.1. The van der Waals surface area contributed by atoms with Gasteiger partial charge in [-0.15, -0.1) is 0 Å². The van der Waals surface area contributed by atoms with E-state index in [0.29, 0.717) is 68.2 Å². The number of aliphatic hydroxyl groups is 5. The first-order valence-electron chi connectivity index (χ1n) is 25.1. The van der Waals surface area contributed by atoms with E-state index in [1.807, 2.05) is 17.9 Å². The summed E-state index contributed by atoms with van der Waals surface area (Å²) in [5.41, 5.74) is -3.86. The zero-order valence-corrected chi connectivity index (χ0v) is 40.9. The third-order valence-electron chi connectivity index (χ3n) is 20.0. The molecule has 6 N–H and O–H groups in total. The normalized spacial score (nSPS) is 44.6. The molecule has 0 aromatic heterocycles. The lowest BCUT2D eigenvalue weighted by atomic mass is 9.41. The molecule has 5 aliphatic heterocycles. The largest absolute Gasteiger partial charge is 0.508 e. The fraction of sp³-hybridized carbons (Fsp3) is 0.808. The fourth-order valence-corrected chi connectivity index (χ4v) is 19.3. The summed E-state index contributed by atoms with van der Waals surface area (Å²) < 4.78 is 6.38. The molecule has 5 aliphatic carbocycles. The summed E-state index contributed by atoms with van der Waals surface area (Å²) in [6, 6.07) is 5.53. The molecule has 1 aromatic rings. The minimum Gasteiger partial charge on any atom is -0.508 e. The summed E-state index contributed by atoms with van der Waals surface area (Å²) in [4.78, 5) is 32.8. The number of epoxide rings is 1. The number of carbonyl (C=O) groups excluding carboxylic acids is 2. The second kappa shape index (κ2) is 17.1. The Morgan fingerprint density at radius 3 is 2.47 bits per heavy atom. The van der Waals surface area contributed by atoms with Crippen LogP contribution in [0.5, 0.6) is 5.75 Å². The minimum atomic E-state index is -1.44. The number of rotatable bonds is 9. The van der Waals surface area contributed by atoms with Crippen molar-refractivity contribution in [3.63, 3.8) is 0 Å². The molecule has 12 heteroatoms. The van der Waals surface area contributed by atoms with Gasteiger partial charge in [-0.3, -0.25) is 9.59 Å². The Hall–Kier alpha value is -1.64. The van der Waals surface area contributed by atoms with Crippen LogP contribution in [0.25, 0.3) is 0 Å². The quantitative estimate of drug-likeness (QED) is 0.0806. The van der Waals surface area contributed by atoms with Crippen molar-refractivity contribution < 1.29 is 45.0 Å². The van der Waals surface area contributed by atoms with Gasteiger partial charge in [-0.05, 0) is 154 Å². The Labute approximate surface area is 389 Å². The zero-order valence-electron chi connectivity index (χ0n) is 39.3. The predicted octanol–water partition coefficient (Wildman–Crippen LogP) is 8.02. The smallest absolute Gasteiger partial charge is 0.234 e. The maximum Gasteiger partial charge on any atom is 0.234 e. The van der Waals surface area contributed by atoms with Gasteiger partial charge in [-0.2, -0.15) is 0 Å². The van der Waals surface area contributed by atoms with Gasteiger partial charge in [0.1, 0.15) is 11.9 Å². The van der Waals surface area contributed by atoms with E-state index in [-0.39, 0.29) is 78.5 Å². The average molecular weight is 924 g/mol. The lowest BCUT2D eigenvalue weighted by molar-refractivity contribution is -0.183. The van der Waals surface area contributed by atoms with E-state index >= 15 is 9.59 Å². The lowest BCUT2D eigenvalue weighted by Gasteiger charge is -2.65. The monoisotopic (exact) mass is 924 g/mol. The van der Waals surface area contributed by atoms with Crippen molar-refractivity contribution in [3.8, 4) is 5.75 Å². The highest BCUT2D eigenvalue weighted by Crippen LogP contribution is 2.73. The topological polar surface area (TPSA) is 171 Å². The number of allylic oxidation sites excluding steroid dienone is 1. The molecule has 356 valence electrons. The molecule has 5 heterocycles. The lowest BCUT2D eigenvalue weighted by Crippen LogP contribution is -2.67. The SMILES string of the molecule is CCCCCC1CN2C(=O)C13C(CO)CCCC3CSSCC13CC(O)C(O)CC1(C)C1CCC4(CCc5cc(O)cc2c5)C(C(C)(O)C2OC2C(C)C(C)C)CCC4(O)C1=CC3=O. The average Bonchev–Trinajstić information content (AvgIpc) is 3.94. The number of carbonyl (C=O) groups is 2. The van der Waals surface area contributed by atoms with Crippen LogP contribution < -0.4 is 4.90 Å². The van der Waals surface area contributed by atoms with E-state index in [4.69, 9.17) is 4.74 Å². The van der Waals surface area contributed by atoms with Crippen molar-refractivity contribution in [1.29, 1.82) is 0 Å². The number of hydrogen-bond donors (Lipinski definition) is 6. The molecule has 16 unspecified atom stereocenters. The van der Waals surface area contributed by atoms with Crippen LogP contribution in [-0.4, -0.2) is 103 Å². The van der Waals surface area contributed by atoms with E-state index in [1.165, 1.54) is 0 Å². The molecule has 10 nitrogen and oxygen atoms in total. The molecule has 64 heavy (non-hydrogen) atoms. The zero-order chi connectivity index (χ0) is 45.8. The molecule has 4 saturated carbocycles. The summed E-state index contributed by atoms with van der Waals surface area (Å²) >= 11 is 0. The number of nitrogens with zero attached hydrogens (tertiary/aromatic N) is 1. The van der Waals surface area contributed by atoms with Gasteiger partial charge in [0.05, 0.1) is 40.3 Å². The predicted molar refractivity (Wildman–Crippen MR) is 253 cm³/mol. The molecule has 16 atom stereocenters. The van der Waals surface area contributed by atoms with Crippen LogP contribution in [0.15, 0.2) is 29.8 Å². The van der Waals surface area contributed by atoms with Crippen molar-refractivity contribution in [3.05, 3.63) is 35.4 Å². The number of aliphatic hydroxyl groups excluding tert-OH is 3.